The zero-order valence-electron chi connectivity index (χ0n) is 12.3. The molecule has 3 aromatic rings. The number of rotatable bonds is 5. The number of halogens is 1. The van der Waals surface area contributed by atoms with E-state index in [0.717, 1.165) is 15.5 Å². The average Bonchev–Trinajstić information content (AvgIpc) is 3.18. The Bertz CT molecular complexity index is 741. The minimum absolute atomic E-state index is 0.0625. The van der Waals surface area contributed by atoms with E-state index >= 15 is 0 Å². The van der Waals surface area contributed by atoms with Gasteiger partial charge in [0.05, 0.1) is 10.9 Å². The Kier molecular flexibility index (Phi) is 4.57. The molecule has 114 valence electrons. The van der Waals surface area contributed by atoms with Crippen molar-refractivity contribution in [3.8, 4) is 10.8 Å². The van der Waals surface area contributed by atoms with E-state index in [1.165, 1.54) is 0 Å². The maximum Gasteiger partial charge on any atom is 0.257 e. The molecule has 0 fully saturated rings. The van der Waals surface area contributed by atoms with Gasteiger partial charge < -0.3 is 4.42 Å². The Morgan fingerprint density at radius 3 is 2.64 bits per heavy atom. The minimum atomic E-state index is -0.0625. The van der Waals surface area contributed by atoms with E-state index in [0.29, 0.717) is 11.8 Å². The summed E-state index contributed by atoms with van der Waals surface area (Å²) < 4.78 is 5.75. The predicted molar refractivity (Wildman–Crippen MR) is 89.0 cm³/mol. The van der Waals surface area contributed by atoms with Gasteiger partial charge in [0.1, 0.15) is 0 Å². The largest absolute Gasteiger partial charge is 0.418 e. The van der Waals surface area contributed by atoms with Crippen molar-refractivity contribution in [3.05, 3.63) is 58.3 Å². The summed E-state index contributed by atoms with van der Waals surface area (Å²) in [5, 5.41) is 14.4. The second kappa shape index (κ2) is 6.60. The highest BCUT2D eigenvalue weighted by Gasteiger charge is 2.18. The van der Waals surface area contributed by atoms with Crippen LogP contribution >= 0.6 is 22.9 Å². The summed E-state index contributed by atoms with van der Waals surface area (Å²) in [6, 6.07) is 11.8. The minimum Gasteiger partial charge on any atom is -0.418 e. The summed E-state index contributed by atoms with van der Waals surface area (Å²) in [6.45, 7) is 4.06. The molecule has 4 nitrogen and oxygen atoms in total. The van der Waals surface area contributed by atoms with Crippen molar-refractivity contribution in [2.75, 3.05) is 0 Å². The first-order chi connectivity index (χ1) is 10.6. The van der Waals surface area contributed by atoms with Crippen molar-refractivity contribution < 1.29 is 4.42 Å². The molecular formula is C16H16ClN3OS. The van der Waals surface area contributed by atoms with Gasteiger partial charge in [-0.05, 0) is 36.9 Å². The maximum atomic E-state index is 6.23. The quantitative estimate of drug-likeness (QED) is 0.724. The van der Waals surface area contributed by atoms with Gasteiger partial charge in [0.2, 0.25) is 5.89 Å². The third-order valence-electron chi connectivity index (χ3n) is 3.41. The molecule has 6 heteroatoms. The Morgan fingerprint density at radius 2 is 1.91 bits per heavy atom. The summed E-state index contributed by atoms with van der Waals surface area (Å²) in [7, 11) is 0. The van der Waals surface area contributed by atoms with Crippen LogP contribution in [0.3, 0.4) is 0 Å². The molecule has 0 aliphatic rings. The monoisotopic (exact) mass is 333 g/mol. The summed E-state index contributed by atoms with van der Waals surface area (Å²) in [5.41, 5.74) is 1.05. The molecule has 0 saturated carbocycles. The van der Waals surface area contributed by atoms with Gasteiger partial charge in [0.15, 0.2) is 0 Å². The van der Waals surface area contributed by atoms with Gasteiger partial charge in [-0.2, -0.15) is 0 Å². The molecule has 0 amide bonds. The highest BCUT2D eigenvalue weighted by atomic mass is 35.5. The molecular weight excluding hydrogens is 318 g/mol. The van der Waals surface area contributed by atoms with Gasteiger partial charge in [0, 0.05) is 11.1 Å². The van der Waals surface area contributed by atoms with E-state index in [4.69, 9.17) is 16.0 Å². The number of nitrogens with zero attached hydrogens (tertiary/aromatic N) is 2. The number of hydrogen-bond donors (Lipinski definition) is 1. The normalized spacial score (nSPS) is 14.0. The Morgan fingerprint density at radius 1 is 1.09 bits per heavy atom. The smallest absolute Gasteiger partial charge is 0.257 e. The third-order valence-corrected chi connectivity index (χ3v) is 4.62. The zero-order valence-corrected chi connectivity index (χ0v) is 13.9. The van der Waals surface area contributed by atoms with Crippen LogP contribution in [0.15, 0.2) is 46.2 Å². The lowest BCUT2D eigenvalue weighted by atomic mass is 10.1. The van der Waals surface area contributed by atoms with E-state index in [9.17, 15) is 0 Å². The summed E-state index contributed by atoms with van der Waals surface area (Å²) in [5.74, 6) is 1.13. The van der Waals surface area contributed by atoms with E-state index < -0.39 is 0 Å². The highest BCUT2D eigenvalue weighted by Crippen LogP contribution is 2.27. The highest BCUT2D eigenvalue weighted by molar-refractivity contribution is 7.13. The molecule has 0 radical (unpaired) electrons. The Balaban J connectivity index is 1.72. The van der Waals surface area contributed by atoms with Gasteiger partial charge in [-0.25, -0.2) is 0 Å². The number of nitrogens with one attached hydrogen (secondary N) is 1. The number of aromatic nitrogens is 2. The molecule has 1 aromatic carbocycles. The molecule has 0 unspecified atom stereocenters. The van der Waals surface area contributed by atoms with E-state index in [1.807, 2.05) is 48.7 Å². The van der Waals surface area contributed by atoms with Gasteiger partial charge in [0.25, 0.3) is 5.89 Å². The van der Waals surface area contributed by atoms with E-state index in [2.05, 4.69) is 22.4 Å². The first kappa shape index (κ1) is 15.2. The summed E-state index contributed by atoms with van der Waals surface area (Å²) >= 11 is 7.81. The lowest BCUT2D eigenvalue weighted by Crippen LogP contribution is -2.23. The number of hydrogen-bond acceptors (Lipinski definition) is 5. The molecule has 2 atom stereocenters. The SMILES string of the molecule is C[C@H](N[C@H](C)c1nnc(-c2cccs2)o1)c1ccccc1Cl. The van der Waals surface area contributed by atoms with Crippen molar-refractivity contribution in [1.29, 1.82) is 0 Å². The summed E-state index contributed by atoms with van der Waals surface area (Å²) in [6.07, 6.45) is 0. The van der Waals surface area contributed by atoms with Crippen LogP contribution in [0.1, 0.15) is 37.4 Å². The van der Waals surface area contributed by atoms with Crippen LogP contribution < -0.4 is 5.32 Å². The third kappa shape index (κ3) is 3.21. The molecule has 0 aliphatic heterocycles. The fourth-order valence-electron chi connectivity index (χ4n) is 2.27. The summed E-state index contributed by atoms with van der Waals surface area (Å²) in [4.78, 5) is 0.977. The molecule has 2 aromatic heterocycles. The lowest BCUT2D eigenvalue weighted by Gasteiger charge is -2.18. The first-order valence-corrected chi connectivity index (χ1v) is 8.28. The fraction of sp³-hybridized carbons (Fsp3) is 0.250. The standard InChI is InChI=1S/C16H16ClN3OS/c1-10(12-6-3-4-7-13(12)17)18-11(2)15-19-20-16(21-15)14-8-5-9-22-14/h3-11,18H,1-2H3/t10-,11+/m0/s1. The van der Waals surface area contributed by atoms with Crippen LogP contribution in [0.4, 0.5) is 0 Å². The molecule has 2 heterocycles. The van der Waals surface area contributed by atoms with Crippen LogP contribution in [0.5, 0.6) is 0 Å². The second-order valence-electron chi connectivity index (χ2n) is 5.05. The van der Waals surface area contributed by atoms with Gasteiger partial charge in [-0.15, -0.1) is 21.5 Å². The van der Waals surface area contributed by atoms with E-state index in [-0.39, 0.29) is 12.1 Å². The van der Waals surface area contributed by atoms with Crippen molar-refractivity contribution in [2.24, 2.45) is 0 Å². The lowest BCUT2D eigenvalue weighted by molar-refractivity contribution is 0.395. The van der Waals surface area contributed by atoms with Crippen LogP contribution in [-0.2, 0) is 0 Å². The number of thiophene rings is 1. The van der Waals surface area contributed by atoms with Gasteiger partial charge >= 0.3 is 0 Å². The first-order valence-electron chi connectivity index (χ1n) is 7.03. The zero-order chi connectivity index (χ0) is 15.5. The maximum absolute atomic E-state index is 6.23. The van der Waals surface area contributed by atoms with Crippen molar-refractivity contribution in [3.63, 3.8) is 0 Å². The molecule has 3 rings (SSSR count). The van der Waals surface area contributed by atoms with Crippen molar-refractivity contribution >= 4 is 22.9 Å². The molecule has 1 N–H and O–H groups in total. The molecule has 0 aliphatic carbocycles. The molecule has 0 saturated heterocycles. The molecule has 22 heavy (non-hydrogen) atoms. The Labute approximate surface area is 138 Å². The van der Waals surface area contributed by atoms with Crippen LogP contribution in [0, 0.1) is 0 Å². The van der Waals surface area contributed by atoms with Crippen LogP contribution in [0.2, 0.25) is 5.02 Å². The van der Waals surface area contributed by atoms with Crippen LogP contribution in [0.25, 0.3) is 10.8 Å². The van der Waals surface area contributed by atoms with Gasteiger partial charge in [-0.3, -0.25) is 5.32 Å². The fourth-order valence-corrected chi connectivity index (χ4v) is 3.22. The van der Waals surface area contributed by atoms with Gasteiger partial charge in [-0.1, -0.05) is 35.9 Å². The van der Waals surface area contributed by atoms with E-state index in [1.54, 1.807) is 11.3 Å². The Hall–Kier alpha value is -1.69. The van der Waals surface area contributed by atoms with Crippen molar-refractivity contribution in [2.45, 2.75) is 25.9 Å². The van der Waals surface area contributed by atoms with Crippen molar-refractivity contribution in [1.82, 2.24) is 15.5 Å². The molecule has 0 spiro atoms. The predicted octanol–water partition coefficient (Wildman–Crippen LogP) is 4.86. The average molecular weight is 334 g/mol. The number of benzene rings is 1. The topological polar surface area (TPSA) is 51.0 Å². The van der Waals surface area contributed by atoms with Crippen LogP contribution in [-0.4, -0.2) is 10.2 Å². The molecule has 0 bridgehead atoms. The second-order valence-corrected chi connectivity index (χ2v) is 6.41.